The number of esters is 1. The third kappa shape index (κ3) is 4.24. The number of benzene rings is 2. The molecule has 2 aromatic carbocycles. The molecule has 24 heavy (non-hydrogen) atoms. The summed E-state index contributed by atoms with van der Waals surface area (Å²) in [6.07, 6.45) is 0. The highest BCUT2D eigenvalue weighted by Crippen LogP contribution is 2.29. The lowest BCUT2D eigenvalue weighted by molar-refractivity contribution is -0.132. The van der Waals surface area contributed by atoms with E-state index in [0.717, 1.165) is 0 Å². The van der Waals surface area contributed by atoms with Gasteiger partial charge in [0.25, 0.3) is 0 Å². The van der Waals surface area contributed by atoms with Crippen LogP contribution in [0.2, 0.25) is 10.0 Å². The first kappa shape index (κ1) is 17.8. The second kappa shape index (κ2) is 7.81. The number of methoxy groups -OCH3 is 1. The van der Waals surface area contributed by atoms with Crippen molar-refractivity contribution in [2.24, 2.45) is 0 Å². The third-order valence-corrected chi connectivity index (χ3v) is 3.58. The number of hydrogen-bond acceptors (Lipinski definition) is 4. The van der Waals surface area contributed by atoms with Crippen molar-refractivity contribution in [3.05, 3.63) is 58.1 Å². The molecule has 0 radical (unpaired) electrons. The Kier molecular flexibility index (Phi) is 5.78. The molecule has 2 amide bonds. The van der Waals surface area contributed by atoms with E-state index in [1.54, 1.807) is 12.1 Å². The van der Waals surface area contributed by atoms with Crippen LogP contribution in [0.1, 0.15) is 10.4 Å². The molecule has 0 unspecified atom stereocenters. The molecule has 0 heterocycles. The minimum absolute atomic E-state index is 0.143. The van der Waals surface area contributed by atoms with Crippen LogP contribution in [0.25, 0.3) is 0 Å². The fourth-order valence-electron chi connectivity index (χ4n) is 1.82. The number of hydrogen-bond donors (Lipinski definition) is 2. The van der Waals surface area contributed by atoms with Gasteiger partial charge in [-0.3, -0.25) is 9.59 Å². The summed E-state index contributed by atoms with van der Waals surface area (Å²) in [5.41, 5.74) is 0.650. The van der Waals surface area contributed by atoms with Crippen molar-refractivity contribution in [1.29, 1.82) is 0 Å². The molecule has 124 valence electrons. The highest BCUT2D eigenvalue weighted by atomic mass is 35.5. The number of halogens is 2. The molecular weight excluding hydrogens is 355 g/mol. The van der Waals surface area contributed by atoms with Gasteiger partial charge in [-0.15, -0.1) is 0 Å². The van der Waals surface area contributed by atoms with E-state index in [2.05, 4.69) is 15.4 Å². The molecular formula is C16H12Cl2N2O4. The predicted octanol–water partition coefficient (Wildman–Crippen LogP) is 3.36. The molecule has 6 nitrogen and oxygen atoms in total. The molecule has 8 heteroatoms. The summed E-state index contributed by atoms with van der Waals surface area (Å²) in [6.45, 7) is 0. The van der Waals surface area contributed by atoms with Crippen LogP contribution in [0, 0.1) is 0 Å². The summed E-state index contributed by atoms with van der Waals surface area (Å²) >= 11 is 11.9. The zero-order valence-electron chi connectivity index (χ0n) is 12.4. The number of amides is 2. The van der Waals surface area contributed by atoms with Crippen LogP contribution in [-0.4, -0.2) is 24.9 Å². The number of para-hydroxylation sites is 1. The minimum Gasteiger partial charge on any atom is -0.465 e. The van der Waals surface area contributed by atoms with Gasteiger partial charge >= 0.3 is 17.8 Å². The first-order chi connectivity index (χ1) is 11.4. The molecule has 0 fully saturated rings. The molecule has 0 saturated heterocycles. The summed E-state index contributed by atoms with van der Waals surface area (Å²) in [5, 5.41) is 5.13. The van der Waals surface area contributed by atoms with Gasteiger partial charge in [0.2, 0.25) is 0 Å². The largest absolute Gasteiger partial charge is 0.465 e. The topological polar surface area (TPSA) is 84.5 Å². The van der Waals surface area contributed by atoms with Gasteiger partial charge in [-0.25, -0.2) is 4.79 Å². The maximum Gasteiger partial charge on any atom is 0.337 e. The number of ether oxygens (including phenoxy) is 1. The van der Waals surface area contributed by atoms with E-state index in [1.807, 2.05) is 0 Å². The molecule has 0 aliphatic carbocycles. The quantitative estimate of drug-likeness (QED) is 0.644. The van der Waals surface area contributed by atoms with E-state index in [9.17, 15) is 14.4 Å². The molecule has 0 bridgehead atoms. The van der Waals surface area contributed by atoms with Crippen LogP contribution in [0.3, 0.4) is 0 Å². The van der Waals surface area contributed by atoms with Crippen LogP contribution >= 0.6 is 23.2 Å². The smallest absolute Gasteiger partial charge is 0.337 e. The van der Waals surface area contributed by atoms with Crippen molar-refractivity contribution in [3.8, 4) is 0 Å². The fraction of sp³-hybridized carbons (Fsp3) is 0.0625. The average Bonchev–Trinajstić information content (AvgIpc) is 2.57. The molecule has 0 spiro atoms. The molecule has 2 rings (SSSR count). The first-order valence-electron chi connectivity index (χ1n) is 6.67. The molecule has 2 aromatic rings. The third-order valence-electron chi connectivity index (χ3n) is 2.95. The standard InChI is InChI=1S/C16H12Cl2N2O4/c1-24-16(23)9-4-2-5-10(8-9)19-14(21)15(22)20-13-11(17)6-3-7-12(13)18/h2-8H,1H3,(H,19,21)(H,20,22). The Hall–Kier alpha value is -2.57. The SMILES string of the molecule is COC(=O)c1cccc(NC(=O)C(=O)Nc2c(Cl)cccc2Cl)c1. The number of nitrogens with one attached hydrogen (secondary N) is 2. The Morgan fingerprint density at radius 2 is 1.50 bits per heavy atom. The number of carbonyl (C=O) groups excluding carboxylic acids is 3. The van der Waals surface area contributed by atoms with Crippen LogP contribution in [0.4, 0.5) is 11.4 Å². The Balaban J connectivity index is 2.10. The van der Waals surface area contributed by atoms with Gasteiger partial charge in [0, 0.05) is 5.69 Å². The van der Waals surface area contributed by atoms with E-state index < -0.39 is 17.8 Å². The van der Waals surface area contributed by atoms with E-state index in [-0.39, 0.29) is 27.0 Å². The van der Waals surface area contributed by atoms with Gasteiger partial charge in [-0.2, -0.15) is 0 Å². The fourth-order valence-corrected chi connectivity index (χ4v) is 2.31. The van der Waals surface area contributed by atoms with Gasteiger partial charge in [-0.1, -0.05) is 35.3 Å². The Morgan fingerprint density at radius 3 is 2.12 bits per heavy atom. The Bertz CT molecular complexity index is 788. The zero-order chi connectivity index (χ0) is 17.7. The van der Waals surface area contributed by atoms with E-state index >= 15 is 0 Å². The lowest BCUT2D eigenvalue weighted by Gasteiger charge is -2.10. The molecule has 2 N–H and O–H groups in total. The van der Waals surface area contributed by atoms with Gasteiger partial charge in [0.1, 0.15) is 0 Å². The summed E-state index contributed by atoms with van der Waals surface area (Å²) < 4.78 is 4.59. The van der Waals surface area contributed by atoms with Crippen molar-refractivity contribution in [2.75, 3.05) is 17.7 Å². The predicted molar refractivity (Wildman–Crippen MR) is 91.5 cm³/mol. The molecule has 0 aliphatic heterocycles. The summed E-state index contributed by atoms with van der Waals surface area (Å²) in [5.74, 6) is -2.44. The van der Waals surface area contributed by atoms with Crippen LogP contribution < -0.4 is 10.6 Å². The van der Waals surface area contributed by atoms with Crippen molar-refractivity contribution < 1.29 is 19.1 Å². The van der Waals surface area contributed by atoms with E-state index in [4.69, 9.17) is 23.2 Å². The monoisotopic (exact) mass is 366 g/mol. The maximum absolute atomic E-state index is 12.0. The van der Waals surface area contributed by atoms with Crippen molar-refractivity contribution in [3.63, 3.8) is 0 Å². The average molecular weight is 367 g/mol. The lowest BCUT2D eigenvalue weighted by atomic mass is 10.2. The second-order valence-corrected chi connectivity index (χ2v) is 5.39. The van der Waals surface area contributed by atoms with Crippen LogP contribution in [0.15, 0.2) is 42.5 Å². The Morgan fingerprint density at radius 1 is 0.917 bits per heavy atom. The normalized spacial score (nSPS) is 9.96. The van der Waals surface area contributed by atoms with Gasteiger partial charge in [-0.05, 0) is 30.3 Å². The molecule has 0 atom stereocenters. The minimum atomic E-state index is -0.950. The molecule has 0 aliphatic rings. The first-order valence-corrected chi connectivity index (χ1v) is 7.42. The summed E-state index contributed by atoms with van der Waals surface area (Å²) in [4.78, 5) is 35.4. The van der Waals surface area contributed by atoms with E-state index in [1.165, 1.54) is 37.4 Å². The van der Waals surface area contributed by atoms with Crippen LogP contribution in [-0.2, 0) is 14.3 Å². The molecule has 0 saturated carbocycles. The maximum atomic E-state index is 12.0. The molecule has 0 aromatic heterocycles. The van der Waals surface area contributed by atoms with E-state index in [0.29, 0.717) is 0 Å². The highest BCUT2D eigenvalue weighted by Gasteiger charge is 2.17. The summed E-state index contributed by atoms with van der Waals surface area (Å²) in [7, 11) is 1.24. The van der Waals surface area contributed by atoms with Crippen molar-refractivity contribution in [1.82, 2.24) is 0 Å². The van der Waals surface area contributed by atoms with Crippen LogP contribution in [0.5, 0.6) is 0 Å². The zero-order valence-corrected chi connectivity index (χ0v) is 13.9. The highest BCUT2D eigenvalue weighted by molar-refractivity contribution is 6.46. The van der Waals surface area contributed by atoms with Gasteiger partial charge < -0.3 is 15.4 Å². The number of rotatable bonds is 3. The Labute approximate surface area is 147 Å². The van der Waals surface area contributed by atoms with Crippen molar-refractivity contribution >= 4 is 52.4 Å². The second-order valence-electron chi connectivity index (χ2n) is 4.58. The van der Waals surface area contributed by atoms with Gasteiger partial charge in [0.15, 0.2) is 0 Å². The number of anilines is 2. The summed E-state index contributed by atoms with van der Waals surface area (Å²) in [6, 6.07) is 10.6. The number of carbonyl (C=O) groups is 3. The van der Waals surface area contributed by atoms with Gasteiger partial charge in [0.05, 0.1) is 28.4 Å². The van der Waals surface area contributed by atoms with Crippen molar-refractivity contribution in [2.45, 2.75) is 0 Å². The lowest BCUT2D eigenvalue weighted by Crippen LogP contribution is -2.29.